The molecule has 2 rings (SSSR count). The first kappa shape index (κ1) is 16.5. The van der Waals surface area contributed by atoms with E-state index in [1.54, 1.807) is 0 Å². The molecule has 0 bridgehead atoms. The molecule has 1 aliphatic rings. The van der Waals surface area contributed by atoms with Crippen molar-refractivity contribution in [3.8, 4) is 0 Å². The van der Waals surface area contributed by atoms with Crippen molar-refractivity contribution in [2.45, 2.75) is 46.1 Å². The summed E-state index contributed by atoms with van der Waals surface area (Å²) in [6.07, 6.45) is 5.54. The lowest BCUT2D eigenvalue weighted by molar-refractivity contribution is 0.0964. The van der Waals surface area contributed by atoms with Gasteiger partial charge < -0.3 is 10.2 Å². The minimum absolute atomic E-state index is 0.478. The molecule has 1 aromatic rings. The summed E-state index contributed by atoms with van der Waals surface area (Å²) in [5.41, 5.74) is 1.90. The highest BCUT2D eigenvalue weighted by Gasteiger charge is 2.34. The van der Waals surface area contributed by atoms with E-state index < -0.39 is 0 Å². The molecule has 0 aliphatic heterocycles. The van der Waals surface area contributed by atoms with Crippen LogP contribution < -0.4 is 5.32 Å². The summed E-state index contributed by atoms with van der Waals surface area (Å²) in [7, 11) is 2.28. The van der Waals surface area contributed by atoms with Crippen molar-refractivity contribution in [3.05, 3.63) is 35.9 Å². The van der Waals surface area contributed by atoms with Gasteiger partial charge in [-0.05, 0) is 43.3 Å². The lowest BCUT2D eigenvalue weighted by Crippen LogP contribution is -2.45. The zero-order valence-electron chi connectivity index (χ0n) is 14.1. The van der Waals surface area contributed by atoms with Crippen LogP contribution in [-0.2, 0) is 6.54 Å². The molecule has 0 spiro atoms. The standard InChI is InChI=1S/C19H32N2/c1-4-20-15-19(12-10-17(2)11-13-19)16-21(3)14-18-8-6-5-7-9-18/h5-9,17,20H,4,10-16H2,1-3H3. The first-order chi connectivity index (χ1) is 10.1. The minimum atomic E-state index is 0.478. The summed E-state index contributed by atoms with van der Waals surface area (Å²) in [6, 6.07) is 10.8. The quantitative estimate of drug-likeness (QED) is 0.818. The van der Waals surface area contributed by atoms with Crippen LogP contribution in [0.15, 0.2) is 30.3 Å². The Labute approximate surface area is 130 Å². The number of nitrogens with one attached hydrogen (secondary N) is 1. The van der Waals surface area contributed by atoms with E-state index in [2.05, 4.69) is 61.4 Å². The summed E-state index contributed by atoms with van der Waals surface area (Å²) in [5, 5.41) is 3.62. The summed E-state index contributed by atoms with van der Waals surface area (Å²) < 4.78 is 0. The van der Waals surface area contributed by atoms with E-state index in [0.29, 0.717) is 5.41 Å². The SMILES string of the molecule is CCNCC1(CN(C)Cc2ccccc2)CCC(C)CC1. The molecule has 118 valence electrons. The van der Waals surface area contributed by atoms with Gasteiger partial charge in [-0.15, -0.1) is 0 Å². The van der Waals surface area contributed by atoms with E-state index in [-0.39, 0.29) is 0 Å². The highest BCUT2D eigenvalue weighted by atomic mass is 15.1. The van der Waals surface area contributed by atoms with Crippen LogP contribution >= 0.6 is 0 Å². The van der Waals surface area contributed by atoms with Crippen LogP contribution in [-0.4, -0.2) is 31.6 Å². The van der Waals surface area contributed by atoms with Gasteiger partial charge in [0.1, 0.15) is 0 Å². The predicted molar refractivity (Wildman–Crippen MR) is 91.4 cm³/mol. The van der Waals surface area contributed by atoms with E-state index >= 15 is 0 Å². The van der Waals surface area contributed by atoms with Crippen LogP contribution in [0.1, 0.15) is 45.1 Å². The Hall–Kier alpha value is -0.860. The molecule has 0 unspecified atom stereocenters. The van der Waals surface area contributed by atoms with Crippen LogP contribution in [0.3, 0.4) is 0 Å². The molecule has 2 heteroatoms. The van der Waals surface area contributed by atoms with Gasteiger partial charge in [-0.1, -0.05) is 57.0 Å². The highest BCUT2D eigenvalue weighted by Crippen LogP contribution is 2.39. The predicted octanol–water partition coefficient (Wildman–Crippen LogP) is 3.92. The van der Waals surface area contributed by atoms with Crippen molar-refractivity contribution >= 4 is 0 Å². The van der Waals surface area contributed by atoms with Crippen molar-refractivity contribution in [1.29, 1.82) is 0 Å². The molecular formula is C19H32N2. The second kappa shape index (κ2) is 7.95. The molecule has 0 heterocycles. The molecular weight excluding hydrogens is 256 g/mol. The zero-order valence-corrected chi connectivity index (χ0v) is 14.1. The number of nitrogens with zero attached hydrogens (tertiary/aromatic N) is 1. The number of hydrogen-bond acceptors (Lipinski definition) is 2. The van der Waals surface area contributed by atoms with Crippen molar-refractivity contribution in [1.82, 2.24) is 10.2 Å². The first-order valence-corrected chi connectivity index (χ1v) is 8.57. The Bertz CT molecular complexity index is 388. The summed E-state index contributed by atoms with van der Waals surface area (Å²) >= 11 is 0. The molecule has 0 amide bonds. The normalized spacial score (nSPS) is 26.2. The van der Waals surface area contributed by atoms with Crippen LogP contribution in [0.5, 0.6) is 0 Å². The molecule has 1 N–H and O–H groups in total. The monoisotopic (exact) mass is 288 g/mol. The van der Waals surface area contributed by atoms with Gasteiger partial charge in [0.2, 0.25) is 0 Å². The fraction of sp³-hybridized carbons (Fsp3) is 0.684. The average molecular weight is 288 g/mol. The lowest BCUT2D eigenvalue weighted by atomic mass is 9.70. The average Bonchev–Trinajstić information content (AvgIpc) is 2.49. The maximum Gasteiger partial charge on any atom is 0.0230 e. The van der Waals surface area contributed by atoms with Crippen molar-refractivity contribution in [3.63, 3.8) is 0 Å². The first-order valence-electron chi connectivity index (χ1n) is 8.57. The summed E-state index contributed by atoms with van der Waals surface area (Å²) in [5.74, 6) is 0.916. The fourth-order valence-corrected chi connectivity index (χ4v) is 3.68. The van der Waals surface area contributed by atoms with Gasteiger partial charge in [0.15, 0.2) is 0 Å². The third kappa shape index (κ3) is 5.12. The second-order valence-electron chi connectivity index (χ2n) is 7.12. The molecule has 0 atom stereocenters. The van der Waals surface area contributed by atoms with Crippen LogP contribution in [0.4, 0.5) is 0 Å². The van der Waals surface area contributed by atoms with Gasteiger partial charge in [0.25, 0.3) is 0 Å². The summed E-state index contributed by atoms with van der Waals surface area (Å²) in [4.78, 5) is 2.52. The Morgan fingerprint density at radius 2 is 1.86 bits per heavy atom. The lowest BCUT2D eigenvalue weighted by Gasteiger charge is -2.42. The van der Waals surface area contributed by atoms with Crippen LogP contribution in [0.25, 0.3) is 0 Å². The van der Waals surface area contributed by atoms with Crippen LogP contribution in [0.2, 0.25) is 0 Å². The third-order valence-corrected chi connectivity index (χ3v) is 4.99. The maximum absolute atomic E-state index is 3.62. The van der Waals surface area contributed by atoms with E-state index in [0.717, 1.165) is 19.0 Å². The van der Waals surface area contributed by atoms with Gasteiger partial charge in [-0.25, -0.2) is 0 Å². The molecule has 0 aromatic heterocycles. The maximum atomic E-state index is 3.62. The Morgan fingerprint density at radius 1 is 1.19 bits per heavy atom. The topological polar surface area (TPSA) is 15.3 Å². The summed E-state index contributed by atoms with van der Waals surface area (Å²) in [6.45, 7) is 9.15. The Morgan fingerprint density at radius 3 is 2.48 bits per heavy atom. The van der Waals surface area contributed by atoms with Crippen molar-refractivity contribution in [2.75, 3.05) is 26.7 Å². The minimum Gasteiger partial charge on any atom is -0.316 e. The van der Waals surface area contributed by atoms with E-state index in [1.165, 1.54) is 44.3 Å². The highest BCUT2D eigenvalue weighted by molar-refractivity contribution is 5.14. The molecule has 0 saturated heterocycles. The van der Waals surface area contributed by atoms with E-state index in [1.807, 2.05) is 0 Å². The zero-order chi connectivity index (χ0) is 15.1. The smallest absolute Gasteiger partial charge is 0.0230 e. The molecule has 1 fully saturated rings. The van der Waals surface area contributed by atoms with Gasteiger partial charge >= 0.3 is 0 Å². The molecule has 0 radical (unpaired) electrons. The number of rotatable bonds is 7. The molecule has 2 nitrogen and oxygen atoms in total. The number of benzene rings is 1. The van der Waals surface area contributed by atoms with Gasteiger partial charge in [0.05, 0.1) is 0 Å². The Kier molecular flexibility index (Phi) is 6.25. The van der Waals surface area contributed by atoms with Crippen LogP contribution in [0, 0.1) is 11.3 Å². The van der Waals surface area contributed by atoms with Crippen molar-refractivity contribution in [2.24, 2.45) is 11.3 Å². The fourth-order valence-electron chi connectivity index (χ4n) is 3.68. The molecule has 21 heavy (non-hydrogen) atoms. The molecule has 1 aliphatic carbocycles. The van der Waals surface area contributed by atoms with Gasteiger partial charge in [-0.2, -0.15) is 0 Å². The van der Waals surface area contributed by atoms with E-state index in [4.69, 9.17) is 0 Å². The van der Waals surface area contributed by atoms with E-state index in [9.17, 15) is 0 Å². The largest absolute Gasteiger partial charge is 0.316 e. The molecule has 1 aromatic carbocycles. The third-order valence-electron chi connectivity index (χ3n) is 4.99. The van der Waals surface area contributed by atoms with Gasteiger partial charge in [0, 0.05) is 19.6 Å². The van der Waals surface area contributed by atoms with Gasteiger partial charge in [-0.3, -0.25) is 0 Å². The number of hydrogen-bond donors (Lipinski definition) is 1. The van der Waals surface area contributed by atoms with Crippen molar-refractivity contribution < 1.29 is 0 Å². The second-order valence-corrected chi connectivity index (χ2v) is 7.12. The molecule has 1 saturated carbocycles. The Balaban J connectivity index is 1.94.